The van der Waals surface area contributed by atoms with Gasteiger partial charge in [0.15, 0.2) is 0 Å². The summed E-state index contributed by atoms with van der Waals surface area (Å²) < 4.78 is 38.3. The van der Waals surface area contributed by atoms with Gasteiger partial charge in [0.05, 0.1) is 16.5 Å². The van der Waals surface area contributed by atoms with Crippen LogP contribution < -0.4 is 10.2 Å². The number of piperidine rings is 1. The maximum absolute atomic E-state index is 12.8. The first-order chi connectivity index (χ1) is 12.3. The standard InChI is InChI=1S/C18H17ClF3N3O/c19-15-9-13(18(20,21)22)10-23-16(15)25-8-4-5-12(11-25)17(26)24-14-6-2-1-3-7-14/h1-3,6-7,9-10,12H,4-5,8,11H2,(H,24,26). The van der Waals surface area contributed by atoms with Gasteiger partial charge in [0.25, 0.3) is 0 Å². The van der Waals surface area contributed by atoms with Crippen molar-refractivity contribution >= 4 is 29.0 Å². The van der Waals surface area contributed by atoms with Crippen LogP contribution in [0.3, 0.4) is 0 Å². The lowest BCUT2D eigenvalue weighted by Gasteiger charge is -2.33. The Labute approximate surface area is 154 Å². The van der Waals surface area contributed by atoms with Crippen molar-refractivity contribution < 1.29 is 18.0 Å². The molecule has 1 atom stereocenters. The Morgan fingerprint density at radius 1 is 1.27 bits per heavy atom. The second kappa shape index (κ2) is 7.53. The van der Waals surface area contributed by atoms with Crippen LogP contribution in [0.4, 0.5) is 24.7 Å². The predicted octanol–water partition coefficient (Wildman–Crippen LogP) is 4.61. The molecule has 0 bridgehead atoms. The Morgan fingerprint density at radius 2 is 2.00 bits per heavy atom. The van der Waals surface area contributed by atoms with Crippen molar-refractivity contribution in [3.05, 3.63) is 53.2 Å². The molecule has 4 nitrogen and oxygen atoms in total. The number of rotatable bonds is 3. The average molecular weight is 384 g/mol. The smallest absolute Gasteiger partial charge is 0.355 e. The lowest BCUT2D eigenvalue weighted by atomic mass is 9.97. The minimum Gasteiger partial charge on any atom is -0.355 e. The Morgan fingerprint density at radius 3 is 2.65 bits per heavy atom. The van der Waals surface area contributed by atoms with Crippen LogP contribution in [0.15, 0.2) is 42.6 Å². The van der Waals surface area contributed by atoms with E-state index in [1.54, 1.807) is 17.0 Å². The van der Waals surface area contributed by atoms with E-state index in [-0.39, 0.29) is 22.7 Å². The minimum atomic E-state index is -4.49. The largest absolute Gasteiger partial charge is 0.417 e. The van der Waals surface area contributed by atoms with Gasteiger partial charge in [-0.2, -0.15) is 13.2 Å². The van der Waals surface area contributed by atoms with Crippen LogP contribution in [-0.4, -0.2) is 24.0 Å². The van der Waals surface area contributed by atoms with E-state index in [9.17, 15) is 18.0 Å². The summed E-state index contributed by atoms with van der Waals surface area (Å²) in [6, 6.07) is 9.98. The zero-order valence-corrected chi connectivity index (χ0v) is 14.5. The number of carbonyl (C=O) groups excluding carboxylic acids is 1. The lowest BCUT2D eigenvalue weighted by molar-refractivity contribution is -0.137. The van der Waals surface area contributed by atoms with Gasteiger partial charge in [-0.25, -0.2) is 4.98 Å². The number of halogens is 4. The molecule has 0 radical (unpaired) electrons. The summed E-state index contributed by atoms with van der Waals surface area (Å²) in [7, 11) is 0. The number of aromatic nitrogens is 1. The van der Waals surface area contributed by atoms with Gasteiger partial charge in [-0.3, -0.25) is 4.79 Å². The highest BCUT2D eigenvalue weighted by Crippen LogP contribution is 2.34. The van der Waals surface area contributed by atoms with Crippen LogP contribution in [-0.2, 0) is 11.0 Å². The third-order valence-electron chi connectivity index (χ3n) is 4.28. The lowest BCUT2D eigenvalue weighted by Crippen LogP contribution is -2.41. The SMILES string of the molecule is O=C(Nc1ccccc1)C1CCCN(c2ncc(C(F)(F)F)cc2Cl)C1. The van der Waals surface area contributed by atoms with Crippen molar-refractivity contribution in [2.45, 2.75) is 19.0 Å². The van der Waals surface area contributed by atoms with Crippen LogP contribution in [0.25, 0.3) is 0 Å². The summed E-state index contributed by atoms with van der Waals surface area (Å²) in [4.78, 5) is 18.1. The van der Waals surface area contributed by atoms with E-state index in [0.29, 0.717) is 25.2 Å². The van der Waals surface area contributed by atoms with Gasteiger partial charge in [0.1, 0.15) is 5.82 Å². The van der Waals surface area contributed by atoms with Gasteiger partial charge in [0.2, 0.25) is 5.91 Å². The fourth-order valence-corrected chi connectivity index (χ4v) is 3.25. The van der Waals surface area contributed by atoms with Crippen LogP contribution in [0, 0.1) is 5.92 Å². The number of nitrogens with zero attached hydrogens (tertiary/aromatic N) is 2. The zero-order valence-electron chi connectivity index (χ0n) is 13.8. The summed E-state index contributed by atoms with van der Waals surface area (Å²) >= 11 is 6.02. The van der Waals surface area contributed by atoms with Crippen molar-refractivity contribution in [1.29, 1.82) is 0 Å². The average Bonchev–Trinajstić information content (AvgIpc) is 2.62. The summed E-state index contributed by atoms with van der Waals surface area (Å²) in [5, 5.41) is 2.79. The number of carbonyl (C=O) groups is 1. The highest BCUT2D eigenvalue weighted by Gasteiger charge is 2.33. The maximum atomic E-state index is 12.8. The first-order valence-electron chi connectivity index (χ1n) is 8.18. The molecule has 0 aliphatic carbocycles. The molecule has 1 N–H and O–H groups in total. The number of hydrogen-bond acceptors (Lipinski definition) is 3. The van der Waals surface area contributed by atoms with E-state index in [2.05, 4.69) is 10.3 Å². The second-order valence-corrected chi connectivity index (χ2v) is 6.57. The van der Waals surface area contributed by atoms with Gasteiger partial charge in [-0.15, -0.1) is 0 Å². The second-order valence-electron chi connectivity index (χ2n) is 6.17. The summed E-state index contributed by atoms with van der Waals surface area (Å²) in [5.41, 5.74) is -0.179. The number of pyridine rings is 1. The molecule has 26 heavy (non-hydrogen) atoms. The van der Waals surface area contributed by atoms with E-state index in [1.165, 1.54) is 0 Å². The van der Waals surface area contributed by atoms with E-state index in [1.807, 2.05) is 18.2 Å². The summed E-state index contributed by atoms with van der Waals surface area (Å²) in [6.07, 6.45) is -2.29. The molecule has 1 aromatic heterocycles. The fraction of sp³-hybridized carbons (Fsp3) is 0.333. The first kappa shape index (κ1) is 18.5. The molecule has 138 valence electrons. The van der Waals surface area contributed by atoms with Gasteiger partial charge in [-0.05, 0) is 31.0 Å². The molecule has 3 rings (SSSR count). The van der Waals surface area contributed by atoms with Gasteiger partial charge in [-0.1, -0.05) is 29.8 Å². The number of hydrogen-bond donors (Lipinski definition) is 1. The monoisotopic (exact) mass is 383 g/mol. The number of anilines is 2. The Balaban J connectivity index is 1.71. The summed E-state index contributed by atoms with van der Waals surface area (Å²) in [6.45, 7) is 0.948. The molecular weight excluding hydrogens is 367 g/mol. The highest BCUT2D eigenvalue weighted by atomic mass is 35.5. The molecule has 1 fully saturated rings. The summed E-state index contributed by atoms with van der Waals surface area (Å²) in [5.74, 6) is -0.134. The molecule has 0 spiro atoms. The van der Waals surface area contributed by atoms with Gasteiger partial charge in [0, 0.05) is 25.0 Å². The molecule has 1 aromatic carbocycles. The number of para-hydroxylation sites is 1. The molecule has 1 aliphatic heterocycles. The molecule has 1 saturated heterocycles. The highest BCUT2D eigenvalue weighted by molar-refractivity contribution is 6.33. The number of alkyl halides is 3. The zero-order chi connectivity index (χ0) is 18.7. The van der Waals surface area contributed by atoms with Gasteiger partial charge < -0.3 is 10.2 Å². The number of nitrogens with one attached hydrogen (secondary N) is 1. The third-order valence-corrected chi connectivity index (χ3v) is 4.56. The normalized spacial score (nSPS) is 17.8. The van der Waals surface area contributed by atoms with E-state index >= 15 is 0 Å². The van der Waals surface area contributed by atoms with Crippen LogP contribution in [0.2, 0.25) is 5.02 Å². The van der Waals surface area contributed by atoms with Crippen molar-refractivity contribution in [2.75, 3.05) is 23.3 Å². The van der Waals surface area contributed by atoms with Crippen molar-refractivity contribution in [2.24, 2.45) is 5.92 Å². The van der Waals surface area contributed by atoms with Gasteiger partial charge >= 0.3 is 6.18 Å². The third kappa shape index (κ3) is 4.27. The molecule has 1 aliphatic rings. The molecule has 2 heterocycles. The van der Waals surface area contributed by atoms with Crippen LogP contribution in [0.5, 0.6) is 0 Å². The first-order valence-corrected chi connectivity index (χ1v) is 8.56. The number of amides is 1. The Hall–Kier alpha value is -2.28. The molecule has 8 heteroatoms. The van der Waals surface area contributed by atoms with Crippen LogP contribution >= 0.6 is 11.6 Å². The molecular formula is C18H17ClF3N3O. The molecule has 1 unspecified atom stereocenters. The topological polar surface area (TPSA) is 45.2 Å². The van der Waals surface area contributed by atoms with E-state index in [4.69, 9.17) is 11.6 Å². The minimum absolute atomic E-state index is 0.0658. The molecule has 0 saturated carbocycles. The van der Waals surface area contributed by atoms with E-state index < -0.39 is 11.7 Å². The quantitative estimate of drug-likeness (QED) is 0.841. The van der Waals surface area contributed by atoms with E-state index in [0.717, 1.165) is 18.7 Å². The maximum Gasteiger partial charge on any atom is 0.417 e. The van der Waals surface area contributed by atoms with Crippen LogP contribution in [0.1, 0.15) is 18.4 Å². The van der Waals surface area contributed by atoms with Crippen molar-refractivity contribution in [3.8, 4) is 0 Å². The number of benzene rings is 1. The van der Waals surface area contributed by atoms with Crippen molar-refractivity contribution in [1.82, 2.24) is 4.98 Å². The predicted molar refractivity (Wildman–Crippen MR) is 94.3 cm³/mol. The Kier molecular flexibility index (Phi) is 5.36. The van der Waals surface area contributed by atoms with Crippen molar-refractivity contribution in [3.63, 3.8) is 0 Å². The fourth-order valence-electron chi connectivity index (χ4n) is 2.97. The molecule has 1 amide bonds. The molecule has 2 aromatic rings. The Bertz CT molecular complexity index is 783.